The molecule has 0 spiro atoms. The number of rotatable bonds is 7. The summed E-state index contributed by atoms with van der Waals surface area (Å²) in [6.07, 6.45) is 3.45. The number of nitrogens with zero attached hydrogens (tertiary/aromatic N) is 1. The van der Waals surface area contributed by atoms with Crippen LogP contribution in [0.25, 0.3) is 0 Å². The number of halogens is 1. The summed E-state index contributed by atoms with van der Waals surface area (Å²) in [6, 6.07) is 0. The summed E-state index contributed by atoms with van der Waals surface area (Å²) in [5, 5.41) is 0. The van der Waals surface area contributed by atoms with Gasteiger partial charge < -0.3 is 0 Å². The first kappa shape index (κ1) is 13.1. The van der Waals surface area contributed by atoms with E-state index in [-0.39, 0.29) is 0 Å². The zero-order valence-electron chi connectivity index (χ0n) is 8.09. The van der Waals surface area contributed by atoms with Gasteiger partial charge in [-0.2, -0.15) is 0 Å². The minimum Gasteiger partial charge on any atom is -0.252 e. The number of amides is 1. The summed E-state index contributed by atoms with van der Waals surface area (Å²) in [5.41, 5.74) is 0. The number of carbonyl (C=O) groups is 1. The summed E-state index contributed by atoms with van der Waals surface area (Å²) in [6.45, 7) is 2.16. The smallest absolute Gasteiger partial charge is 0.252 e. The summed E-state index contributed by atoms with van der Waals surface area (Å²) >= 11 is 0. The van der Waals surface area contributed by atoms with Gasteiger partial charge in [0.25, 0.3) is 0 Å². The average molecular weight is 225 g/mol. The molecule has 0 N–H and O–H groups in total. The topological polar surface area (TPSA) is 20.3 Å². The Balaban J connectivity index is 3.11. The zero-order chi connectivity index (χ0) is 10.1. The molecule has 0 bridgehead atoms. The number of carbonyl (C=O) groups excluding carboxylic acids is 1. The Morgan fingerprint density at radius 1 is 1.38 bits per heavy atom. The molecule has 0 fully saturated rings. The molecule has 0 saturated heterocycles. The first-order valence-electron chi connectivity index (χ1n) is 4.41. The molecule has 2 nitrogen and oxygen atoms in total. The van der Waals surface area contributed by atoms with Crippen molar-refractivity contribution < 1.29 is 9.18 Å². The van der Waals surface area contributed by atoms with Gasteiger partial charge in [-0.15, -0.1) is 4.39 Å². The van der Waals surface area contributed by atoms with Crippen LogP contribution in [0.4, 0.5) is 9.18 Å². The van der Waals surface area contributed by atoms with Gasteiger partial charge in [-0.1, -0.05) is 37.0 Å². The molecule has 0 aromatic carbocycles. The SMILES string of the molecule is CCCCCCSSN(C)C(=O)F. The Hall–Kier alpha value is 0.1000. The molecule has 0 saturated carbocycles. The van der Waals surface area contributed by atoms with E-state index in [4.69, 9.17) is 0 Å². The van der Waals surface area contributed by atoms with Crippen molar-refractivity contribution >= 4 is 27.9 Å². The number of hydrogen-bond donors (Lipinski definition) is 0. The predicted octanol–water partition coefficient (Wildman–Crippen LogP) is 3.88. The third-order valence-electron chi connectivity index (χ3n) is 1.49. The molecule has 0 aliphatic heterocycles. The van der Waals surface area contributed by atoms with Crippen molar-refractivity contribution in [2.24, 2.45) is 0 Å². The second-order valence-corrected chi connectivity index (χ2v) is 5.20. The summed E-state index contributed by atoms with van der Waals surface area (Å²) in [4.78, 5) is 10.1. The van der Waals surface area contributed by atoms with Crippen LogP contribution >= 0.6 is 21.8 Å². The van der Waals surface area contributed by atoms with Crippen molar-refractivity contribution in [3.8, 4) is 0 Å². The molecule has 0 atom stereocenters. The second kappa shape index (κ2) is 8.69. The second-order valence-electron chi connectivity index (χ2n) is 2.71. The van der Waals surface area contributed by atoms with Gasteiger partial charge in [-0.25, -0.2) is 4.79 Å². The van der Waals surface area contributed by atoms with E-state index >= 15 is 0 Å². The minimum absolute atomic E-state index is 0.974. The monoisotopic (exact) mass is 225 g/mol. The lowest BCUT2D eigenvalue weighted by atomic mass is 10.2. The molecule has 0 aliphatic carbocycles. The predicted molar refractivity (Wildman–Crippen MR) is 58.5 cm³/mol. The van der Waals surface area contributed by atoms with Crippen LogP contribution in [0.3, 0.4) is 0 Å². The van der Waals surface area contributed by atoms with Gasteiger partial charge >= 0.3 is 6.16 Å². The maximum atomic E-state index is 12.0. The van der Waals surface area contributed by atoms with Crippen LogP contribution in [0.5, 0.6) is 0 Å². The van der Waals surface area contributed by atoms with E-state index in [0.717, 1.165) is 16.5 Å². The van der Waals surface area contributed by atoms with Crippen molar-refractivity contribution in [3.63, 3.8) is 0 Å². The fraction of sp³-hybridized carbons (Fsp3) is 0.875. The van der Waals surface area contributed by atoms with Crippen LogP contribution in [-0.2, 0) is 0 Å². The van der Waals surface area contributed by atoms with Crippen molar-refractivity contribution in [2.75, 3.05) is 12.8 Å². The van der Waals surface area contributed by atoms with E-state index in [0.29, 0.717) is 0 Å². The molecule has 1 amide bonds. The molecule has 0 heterocycles. The van der Waals surface area contributed by atoms with Crippen LogP contribution in [0.2, 0.25) is 0 Å². The maximum Gasteiger partial charge on any atom is 0.410 e. The highest BCUT2D eigenvalue weighted by molar-refractivity contribution is 8.75. The van der Waals surface area contributed by atoms with Crippen LogP contribution < -0.4 is 0 Å². The van der Waals surface area contributed by atoms with Gasteiger partial charge in [0.15, 0.2) is 0 Å². The Morgan fingerprint density at radius 2 is 2.08 bits per heavy atom. The number of hydrogen-bond acceptors (Lipinski definition) is 3. The third kappa shape index (κ3) is 8.43. The van der Waals surface area contributed by atoms with Gasteiger partial charge in [0.2, 0.25) is 0 Å². The van der Waals surface area contributed by atoms with E-state index in [1.807, 2.05) is 0 Å². The minimum atomic E-state index is -1.38. The summed E-state index contributed by atoms with van der Waals surface area (Å²) < 4.78 is 13.0. The Kier molecular flexibility index (Phi) is 8.75. The zero-order valence-corrected chi connectivity index (χ0v) is 9.72. The maximum absolute atomic E-state index is 12.0. The largest absolute Gasteiger partial charge is 0.410 e. The highest BCUT2D eigenvalue weighted by atomic mass is 33.1. The van der Waals surface area contributed by atoms with Crippen LogP contribution in [0, 0.1) is 0 Å². The highest BCUT2D eigenvalue weighted by Crippen LogP contribution is 2.26. The third-order valence-corrected chi connectivity index (χ3v) is 3.91. The molecule has 0 unspecified atom stereocenters. The molecule has 0 rings (SSSR count). The normalized spacial score (nSPS) is 10.1. The molecular weight excluding hydrogens is 209 g/mol. The molecule has 5 heteroatoms. The Bertz CT molecular complexity index is 146. The van der Waals surface area contributed by atoms with Crippen LogP contribution in [0.1, 0.15) is 32.6 Å². The summed E-state index contributed by atoms with van der Waals surface area (Å²) in [5.74, 6) is 0.974. The van der Waals surface area contributed by atoms with Crippen molar-refractivity contribution in [1.29, 1.82) is 0 Å². The molecule has 0 aromatic rings. The van der Waals surface area contributed by atoms with Crippen molar-refractivity contribution in [2.45, 2.75) is 32.6 Å². The Morgan fingerprint density at radius 3 is 2.62 bits per heavy atom. The lowest BCUT2D eigenvalue weighted by Crippen LogP contribution is -2.10. The van der Waals surface area contributed by atoms with E-state index in [1.54, 1.807) is 0 Å². The molecular formula is C8H16FNOS2. The lowest BCUT2D eigenvalue weighted by molar-refractivity contribution is 0.210. The quantitative estimate of drug-likeness (QED) is 0.215. The molecule has 0 aliphatic rings. The van der Waals surface area contributed by atoms with Gasteiger partial charge in [-0.05, 0) is 6.42 Å². The van der Waals surface area contributed by atoms with Gasteiger partial charge in [-0.3, -0.25) is 4.31 Å². The van der Waals surface area contributed by atoms with Crippen LogP contribution in [-0.4, -0.2) is 23.3 Å². The van der Waals surface area contributed by atoms with Crippen molar-refractivity contribution in [3.05, 3.63) is 0 Å². The van der Waals surface area contributed by atoms with Gasteiger partial charge in [0, 0.05) is 23.8 Å². The fourth-order valence-electron chi connectivity index (χ4n) is 0.733. The van der Waals surface area contributed by atoms with E-state index in [9.17, 15) is 9.18 Å². The lowest BCUT2D eigenvalue weighted by Gasteiger charge is -2.08. The molecule has 13 heavy (non-hydrogen) atoms. The number of unbranched alkanes of at least 4 members (excludes halogenated alkanes) is 3. The van der Waals surface area contributed by atoms with Gasteiger partial charge in [0.1, 0.15) is 0 Å². The first-order valence-corrected chi connectivity index (χ1v) is 6.68. The highest BCUT2D eigenvalue weighted by Gasteiger charge is 2.06. The van der Waals surface area contributed by atoms with Gasteiger partial charge in [0.05, 0.1) is 0 Å². The fourth-order valence-corrected chi connectivity index (χ4v) is 2.57. The summed E-state index contributed by atoms with van der Waals surface area (Å²) in [7, 11) is 4.13. The Labute approximate surface area is 87.2 Å². The van der Waals surface area contributed by atoms with Crippen molar-refractivity contribution in [1.82, 2.24) is 4.31 Å². The molecule has 78 valence electrons. The molecule has 0 radical (unpaired) electrons. The molecule has 0 aromatic heterocycles. The van der Waals surface area contributed by atoms with Crippen LogP contribution in [0.15, 0.2) is 0 Å². The average Bonchev–Trinajstić information content (AvgIpc) is 2.10. The van der Waals surface area contributed by atoms with E-state index < -0.39 is 6.16 Å². The van der Waals surface area contributed by atoms with E-state index in [2.05, 4.69) is 6.92 Å². The first-order chi connectivity index (χ1) is 6.18. The standard InChI is InChI=1S/C8H16FNOS2/c1-3-4-5-6-7-12-13-10(2)8(9)11/h3-7H2,1-2H3. The van der Waals surface area contributed by atoms with E-state index in [1.165, 1.54) is 48.1 Å².